The van der Waals surface area contributed by atoms with Crippen LogP contribution >= 0.6 is 0 Å². The number of aryl methyl sites for hydroxylation is 1. The van der Waals surface area contributed by atoms with Crippen LogP contribution in [-0.4, -0.2) is 6.04 Å². The number of hydrogen-bond acceptors (Lipinski definition) is 1. The Kier molecular flexibility index (Phi) is 4.93. The third-order valence-corrected chi connectivity index (χ3v) is 2.45. The van der Waals surface area contributed by atoms with E-state index in [-0.39, 0.29) is 6.04 Å². The van der Waals surface area contributed by atoms with Crippen molar-refractivity contribution in [2.24, 2.45) is 0 Å². The van der Waals surface area contributed by atoms with Gasteiger partial charge in [0, 0.05) is 6.54 Å². The topological polar surface area (TPSA) is 12.0 Å². The lowest BCUT2D eigenvalue weighted by molar-refractivity contribution is 0.563. The predicted octanol–water partition coefficient (Wildman–Crippen LogP) is 2.89. The molecule has 0 amide bonds. The third-order valence-electron chi connectivity index (χ3n) is 2.45. The fourth-order valence-electron chi connectivity index (χ4n) is 1.48. The summed E-state index contributed by atoms with van der Waals surface area (Å²) in [6.07, 6.45) is 7.60. The van der Waals surface area contributed by atoms with Crippen molar-refractivity contribution in [1.29, 1.82) is 0 Å². The standard InChI is InChI=1S/C14H19N/c1-4-6-14(5-2)15-11-13-9-7-12(3)8-10-13/h2,7-10,14-15H,4,6,11H2,1,3H3. The van der Waals surface area contributed by atoms with Gasteiger partial charge in [-0.1, -0.05) is 49.1 Å². The third kappa shape index (κ3) is 4.18. The maximum Gasteiger partial charge on any atom is 0.0689 e. The molecule has 1 N–H and O–H groups in total. The molecule has 1 aromatic carbocycles. The Hall–Kier alpha value is -1.26. The van der Waals surface area contributed by atoms with Crippen LogP contribution in [0.5, 0.6) is 0 Å². The van der Waals surface area contributed by atoms with Crippen molar-refractivity contribution in [3.8, 4) is 12.3 Å². The largest absolute Gasteiger partial charge is 0.300 e. The van der Waals surface area contributed by atoms with Gasteiger partial charge in [0.25, 0.3) is 0 Å². The summed E-state index contributed by atoms with van der Waals surface area (Å²) < 4.78 is 0. The van der Waals surface area contributed by atoms with Crippen LogP contribution in [0.2, 0.25) is 0 Å². The van der Waals surface area contributed by atoms with Gasteiger partial charge in [-0.3, -0.25) is 5.32 Å². The summed E-state index contributed by atoms with van der Waals surface area (Å²) in [5.41, 5.74) is 2.58. The van der Waals surface area contributed by atoms with Crippen LogP contribution in [0.25, 0.3) is 0 Å². The van der Waals surface area contributed by atoms with Gasteiger partial charge in [-0.25, -0.2) is 0 Å². The molecule has 1 nitrogen and oxygen atoms in total. The van der Waals surface area contributed by atoms with E-state index in [9.17, 15) is 0 Å². The highest BCUT2D eigenvalue weighted by molar-refractivity contribution is 5.21. The summed E-state index contributed by atoms with van der Waals surface area (Å²) in [5.74, 6) is 2.77. The Morgan fingerprint density at radius 1 is 1.33 bits per heavy atom. The van der Waals surface area contributed by atoms with Crippen LogP contribution in [0.3, 0.4) is 0 Å². The second-order valence-corrected chi connectivity index (χ2v) is 3.87. The van der Waals surface area contributed by atoms with E-state index in [2.05, 4.69) is 49.4 Å². The minimum atomic E-state index is 0.205. The van der Waals surface area contributed by atoms with Crippen molar-refractivity contribution in [3.05, 3.63) is 35.4 Å². The van der Waals surface area contributed by atoms with E-state index in [0.717, 1.165) is 19.4 Å². The fraction of sp³-hybridized carbons (Fsp3) is 0.429. The van der Waals surface area contributed by atoms with Crippen LogP contribution in [0.15, 0.2) is 24.3 Å². The van der Waals surface area contributed by atoms with Gasteiger partial charge in [0.1, 0.15) is 0 Å². The van der Waals surface area contributed by atoms with Gasteiger partial charge in [0.15, 0.2) is 0 Å². The number of rotatable bonds is 5. The highest BCUT2D eigenvalue weighted by Gasteiger charge is 2.01. The molecule has 0 radical (unpaired) electrons. The van der Waals surface area contributed by atoms with E-state index < -0.39 is 0 Å². The highest BCUT2D eigenvalue weighted by Crippen LogP contribution is 2.04. The van der Waals surface area contributed by atoms with Crippen LogP contribution in [0.4, 0.5) is 0 Å². The summed E-state index contributed by atoms with van der Waals surface area (Å²) in [5, 5.41) is 3.37. The Morgan fingerprint density at radius 3 is 2.53 bits per heavy atom. The molecule has 1 aromatic rings. The first-order chi connectivity index (χ1) is 7.26. The van der Waals surface area contributed by atoms with Gasteiger partial charge in [-0.05, 0) is 18.9 Å². The number of hydrogen-bond donors (Lipinski definition) is 1. The van der Waals surface area contributed by atoms with Crippen molar-refractivity contribution >= 4 is 0 Å². The average Bonchev–Trinajstić information content (AvgIpc) is 2.26. The van der Waals surface area contributed by atoms with Gasteiger partial charge in [0.2, 0.25) is 0 Å². The molecule has 0 aliphatic carbocycles. The lowest BCUT2D eigenvalue weighted by Crippen LogP contribution is -2.26. The summed E-state index contributed by atoms with van der Waals surface area (Å²) >= 11 is 0. The summed E-state index contributed by atoms with van der Waals surface area (Å²) in [7, 11) is 0. The monoisotopic (exact) mass is 201 g/mol. The zero-order chi connectivity index (χ0) is 11.1. The molecule has 1 heteroatoms. The van der Waals surface area contributed by atoms with Gasteiger partial charge in [0.05, 0.1) is 6.04 Å². The van der Waals surface area contributed by atoms with Crippen molar-refractivity contribution in [3.63, 3.8) is 0 Å². The van der Waals surface area contributed by atoms with Gasteiger partial charge in [-0.2, -0.15) is 0 Å². The van der Waals surface area contributed by atoms with Crippen molar-refractivity contribution in [2.45, 2.75) is 39.3 Å². The first kappa shape index (κ1) is 11.8. The van der Waals surface area contributed by atoms with Gasteiger partial charge < -0.3 is 0 Å². The normalized spacial score (nSPS) is 12.1. The minimum Gasteiger partial charge on any atom is -0.300 e. The van der Waals surface area contributed by atoms with E-state index >= 15 is 0 Å². The van der Waals surface area contributed by atoms with Gasteiger partial charge >= 0.3 is 0 Å². The molecule has 0 spiro atoms. The Morgan fingerprint density at radius 2 is 2.00 bits per heavy atom. The molecular weight excluding hydrogens is 182 g/mol. The predicted molar refractivity (Wildman–Crippen MR) is 65.5 cm³/mol. The SMILES string of the molecule is C#CC(CCC)NCc1ccc(C)cc1. The number of terminal acetylenes is 1. The quantitative estimate of drug-likeness (QED) is 0.722. The maximum atomic E-state index is 5.43. The lowest BCUT2D eigenvalue weighted by Gasteiger charge is -2.11. The van der Waals surface area contributed by atoms with Crippen LogP contribution in [0.1, 0.15) is 30.9 Å². The number of nitrogens with one attached hydrogen (secondary N) is 1. The van der Waals surface area contributed by atoms with E-state index in [4.69, 9.17) is 6.42 Å². The second-order valence-electron chi connectivity index (χ2n) is 3.87. The molecule has 0 aliphatic rings. The molecule has 0 saturated heterocycles. The minimum absolute atomic E-state index is 0.205. The van der Waals surface area contributed by atoms with Crippen LogP contribution in [0, 0.1) is 19.3 Å². The number of benzene rings is 1. The lowest BCUT2D eigenvalue weighted by atomic mass is 10.1. The average molecular weight is 201 g/mol. The Bertz CT molecular complexity index is 318. The summed E-state index contributed by atoms with van der Waals surface area (Å²) in [4.78, 5) is 0. The van der Waals surface area contributed by atoms with E-state index in [0.29, 0.717) is 0 Å². The van der Waals surface area contributed by atoms with E-state index in [1.54, 1.807) is 0 Å². The maximum absolute atomic E-state index is 5.43. The first-order valence-corrected chi connectivity index (χ1v) is 5.51. The van der Waals surface area contributed by atoms with E-state index in [1.165, 1.54) is 11.1 Å². The Labute approximate surface area is 92.9 Å². The molecule has 80 valence electrons. The first-order valence-electron chi connectivity index (χ1n) is 5.51. The molecule has 0 aliphatic heterocycles. The van der Waals surface area contributed by atoms with Crippen molar-refractivity contribution in [2.75, 3.05) is 0 Å². The molecule has 0 saturated carbocycles. The van der Waals surface area contributed by atoms with E-state index in [1.807, 2.05) is 0 Å². The smallest absolute Gasteiger partial charge is 0.0689 e. The molecule has 0 aromatic heterocycles. The molecule has 1 rings (SSSR count). The van der Waals surface area contributed by atoms with Crippen LogP contribution < -0.4 is 5.32 Å². The second kappa shape index (κ2) is 6.27. The van der Waals surface area contributed by atoms with Crippen molar-refractivity contribution < 1.29 is 0 Å². The highest BCUT2D eigenvalue weighted by atomic mass is 14.9. The van der Waals surface area contributed by atoms with Gasteiger partial charge in [-0.15, -0.1) is 6.42 Å². The molecular formula is C14H19N. The zero-order valence-electron chi connectivity index (χ0n) is 9.59. The molecule has 0 heterocycles. The molecule has 15 heavy (non-hydrogen) atoms. The molecule has 1 unspecified atom stereocenters. The molecule has 0 bridgehead atoms. The molecule has 1 atom stereocenters. The summed E-state index contributed by atoms with van der Waals surface area (Å²) in [6, 6.07) is 8.74. The molecule has 0 fully saturated rings. The Balaban J connectivity index is 2.42. The zero-order valence-corrected chi connectivity index (χ0v) is 9.59. The fourth-order valence-corrected chi connectivity index (χ4v) is 1.48. The van der Waals surface area contributed by atoms with Crippen molar-refractivity contribution in [1.82, 2.24) is 5.32 Å². The van der Waals surface area contributed by atoms with Crippen LogP contribution in [-0.2, 0) is 6.54 Å². The summed E-state index contributed by atoms with van der Waals surface area (Å²) in [6.45, 7) is 5.10.